The van der Waals surface area contributed by atoms with Crippen LogP contribution in [0.2, 0.25) is 0 Å². The number of amides is 2. The number of nitrogens with zero attached hydrogens (tertiary/aromatic N) is 2. The van der Waals surface area contributed by atoms with Gasteiger partial charge in [-0.25, -0.2) is 4.98 Å². The van der Waals surface area contributed by atoms with E-state index in [1.54, 1.807) is 17.4 Å². The lowest BCUT2D eigenvalue weighted by atomic mass is 9.97. The van der Waals surface area contributed by atoms with Crippen molar-refractivity contribution in [1.82, 2.24) is 9.88 Å². The number of benzene rings is 2. The van der Waals surface area contributed by atoms with Crippen molar-refractivity contribution >= 4 is 28.8 Å². The van der Waals surface area contributed by atoms with E-state index in [-0.39, 0.29) is 17.7 Å². The summed E-state index contributed by atoms with van der Waals surface area (Å²) < 4.78 is 5.37. The number of unbranched alkanes of at least 4 members (excludes halogenated alkanes) is 1. The first kappa shape index (κ1) is 25.9. The molecule has 36 heavy (non-hydrogen) atoms. The predicted octanol–water partition coefficient (Wildman–Crippen LogP) is 5.33. The summed E-state index contributed by atoms with van der Waals surface area (Å²) in [6.07, 6.45) is 2.95. The molecular weight excluding hydrogens is 474 g/mol. The molecule has 1 unspecified atom stereocenters. The van der Waals surface area contributed by atoms with E-state index < -0.39 is 6.10 Å². The first-order valence-corrected chi connectivity index (χ1v) is 13.3. The predicted molar refractivity (Wildman–Crippen MR) is 143 cm³/mol. The first-order chi connectivity index (χ1) is 17.5. The van der Waals surface area contributed by atoms with Gasteiger partial charge in [0.15, 0.2) is 0 Å². The zero-order valence-corrected chi connectivity index (χ0v) is 21.6. The maximum atomic E-state index is 13.1. The molecule has 0 spiro atoms. The van der Waals surface area contributed by atoms with Crippen LogP contribution in [-0.4, -0.2) is 53.1 Å². The highest BCUT2D eigenvalue weighted by Gasteiger charge is 2.29. The summed E-state index contributed by atoms with van der Waals surface area (Å²) >= 11 is 1.48. The molecule has 2 amide bonds. The van der Waals surface area contributed by atoms with E-state index in [0.717, 1.165) is 41.8 Å². The third-order valence-corrected chi connectivity index (χ3v) is 7.59. The minimum atomic E-state index is -0.908. The molecule has 2 N–H and O–H groups in total. The molecule has 3 aromatic rings. The molecule has 0 radical (unpaired) electrons. The Balaban J connectivity index is 1.41. The highest BCUT2D eigenvalue weighted by molar-refractivity contribution is 7.10. The number of methoxy groups -OCH3 is 1. The quantitative estimate of drug-likeness (QED) is 0.409. The number of likely N-dealkylation sites (tertiary alicyclic amines) is 1. The lowest BCUT2D eigenvalue weighted by Crippen LogP contribution is -2.43. The fraction of sp³-hybridized carbons (Fsp3) is 0.393. The molecule has 1 aliphatic heterocycles. The third kappa shape index (κ3) is 6.12. The van der Waals surface area contributed by atoms with Gasteiger partial charge in [-0.2, -0.15) is 0 Å². The smallest absolute Gasteiger partial charge is 0.275 e. The number of thiazole rings is 1. The largest absolute Gasteiger partial charge is 0.497 e. The van der Waals surface area contributed by atoms with Crippen molar-refractivity contribution in [3.63, 3.8) is 0 Å². The van der Waals surface area contributed by atoms with Gasteiger partial charge in [0.2, 0.25) is 0 Å². The van der Waals surface area contributed by atoms with E-state index in [1.165, 1.54) is 11.3 Å². The highest BCUT2D eigenvalue weighted by atomic mass is 32.1. The first-order valence-electron chi connectivity index (χ1n) is 12.5. The number of carbonyl (C=O) groups is 2. The van der Waals surface area contributed by atoms with Gasteiger partial charge in [0.1, 0.15) is 17.5 Å². The van der Waals surface area contributed by atoms with Crippen LogP contribution in [0.4, 0.5) is 5.69 Å². The van der Waals surface area contributed by atoms with Crippen LogP contribution in [0, 0.1) is 0 Å². The Kier molecular flexibility index (Phi) is 8.72. The van der Waals surface area contributed by atoms with Crippen molar-refractivity contribution in [3.8, 4) is 16.9 Å². The summed E-state index contributed by atoms with van der Waals surface area (Å²) in [4.78, 5) is 32.0. The Morgan fingerprint density at radius 3 is 2.64 bits per heavy atom. The fourth-order valence-corrected chi connectivity index (χ4v) is 5.44. The van der Waals surface area contributed by atoms with Crippen molar-refractivity contribution in [3.05, 3.63) is 64.6 Å². The molecule has 7 nitrogen and oxygen atoms in total. The Morgan fingerprint density at radius 1 is 1.19 bits per heavy atom. The average molecular weight is 508 g/mol. The number of hydrogen-bond donors (Lipinski definition) is 2. The van der Waals surface area contributed by atoms with Crippen LogP contribution in [0.5, 0.6) is 5.75 Å². The third-order valence-electron chi connectivity index (χ3n) is 6.59. The Bertz CT molecular complexity index is 1170. The van der Waals surface area contributed by atoms with Crippen LogP contribution in [0.1, 0.15) is 60.4 Å². The second kappa shape index (κ2) is 12.1. The van der Waals surface area contributed by atoms with Crippen LogP contribution in [0.25, 0.3) is 11.1 Å². The minimum Gasteiger partial charge on any atom is -0.497 e. The number of piperidine rings is 1. The summed E-state index contributed by atoms with van der Waals surface area (Å²) in [6.45, 7) is 3.24. The molecule has 8 heteroatoms. The standard InChI is InChI=1S/C28H33N3O4S/c1-3-4-10-25(32)28(34)31-15-13-20(14-16-31)27-30-24(18-36-27)26(33)29-23-17-21(35-2)11-12-22(23)19-8-6-5-7-9-19/h5-9,11-12,17-18,20,25,32H,3-4,10,13-16H2,1-2H3,(H,29,33). The van der Waals surface area contributed by atoms with Gasteiger partial charge < -0.3 is 20.1 Å². The number of nitrogens with one attached hydrogen (secondary N) is 1. The van der Waals surface area contributed by atoms with Crippen LogP contribution in [0.3, 0.4) is 0 Å². The van der Waals surface area contributed by atoms with Crippen molar-refractivity contribution in [2.24, 2.45) is 0 Å². The van der Waals surface area contributed by atoms with Gasteiger partial charge in [-0.05, 0) is 37.0 Å². The van der Waals surface area contributed by atoms with E-state index in [1.807, 2.05) is 55.5 Å². The van der Waals surface area contributed by atoms with Crippen LogP contribution >= 0.6 is 11.3 Å². The number of ether oxygens (including phenoxy) is 1. The topological polar surface area (TPSA) is 91.8 Å². The number of aliphatic hydroxyl groups is 1. The van der Waals surface area contributed by atoms with E-state index in [2.05, 4.69) is 10.3 Å². The summed E-state index contributed by atoms with van der Waals surface area (Å²) in [5.74, 6) is 0.415. The molecule has 0 aliphatic carbocycles. The molecule has 0 bridgehead atoms. The summed E-state index contributed by atoms with van der Waals surface area (Å²) in [7, 11) is 1.60. The molecule has 2 aromatic carbocycles. The van der Waals surface area contributed by atoms with Gasteiger partial charge in [0.25, 0.3) is 11.8 Å². The Hall–Kier alpha value is -3.23. The van der Waals surface area contributed by atoms with Gasteiger partial charge in [-0.1, -0.05) is 50.1 Å². The van der Waals surface area contributed by atoms with Gasteiger partial charge in [-0.15, -0.1) is 11.3 Å². The average Bonchev–Trinajstić information content (AvgIpc) is 3.42. The van der Waals surface area contributed by atoms with Gasteiger partial charge in [0.05, 0.1) is 17.8 Å². The van der Waals surface area contributed by atoms with Crippen LogP contribution < -0.4 is 10.1 Å². The molecule has 1 atom stereocenters. The zero-order valence-electron chi connectivity index (χ0n) is 20.8. The summed E-state index contributed by atoms with van der Waals surface area (Å²) in [5.41, 5.74) is 2.94. The normalized spacial score (nSPS) is 14.9. The number of carbonyl (C=O) groups excluding carboxylic acids is 2. The van der Waals surface area contributed by atoms with Crippen molar-refractivity contribution in [2.45, 2.75) is 51.0 Å². The van der Waals surface area contributed by atoms with Crippen LogP contribution in [-0.2, 0) is 4.79 Å². The van der Waals surface area contributed by atoms with Gasteiger partial charge in [0, 0.05) is 36.0 Å². The SMILES string of the molecule is CCCCC(O)C(=O)N1CCC(c2nc(C(=O)Nc3cc(OC)ccc3-c3ccccc3)cs2)CC1. The molecule has 190 valence electrons. The molecule has 4 rings (SSSR count). The van der Waals surface area contributed by atoms with Crippen molar-refractivity contribution < 1.29 is 19.4 Å². The molecular formula is C28H33N3O4S. The number of anilines is 1. The number of hydrogen-bond acceptors (Lipinski definition) is 6. The Morgan fingerprint density at radius 2 is 1.94 bits per heavy atom. The van der Waals surface area contributed by atoms with E-state index in [4.69, 9.17) is 4.74 Å². The molecule has 1 fully saturated rings. The summed E-state index contributed by atoms with van der Waals surface area (Å²) in [5, 5.41) is 15.9. The van der Waals surface area contributed by atoms with E-state index in [9.17, 15) is 14.7 Å². The van der Waals surface area contributed by atoms with E-state index in [0.29, 0.717) is 36.6 Å². The molecule has 1 aromatic heterocycles. The van der Waals surface area contributed by atoms with Gasteiger partial charge in [-0.3, -0.25) is 9.59 Å². The Labute approximate surface area is 216 Å². The second-order valence-electron chi connectivity index (χ2n) is 9.06. The molecule has 0 saturated carbocycles. The maximum Gasteiger partial charge on any atom is 0.275 e. The number of aromatic nitrogens is 1. The monoisotopic (exact) mass is 507 g/mol. The lowest BCUT2D eigenvalue weighted by Gasteiger charge is -2.32. The molecule has 1 aliphatic rings. The second-order valence-corrected chi connectivity index (χ2v) is 9.95. The lowest BCUT2D eigenvalue weighted by molar-refractivity contribution is -0.141. The highest BCUT2D eigenvalue weighted by Crippen LogP contribution is 2.33. The number of rotatable bonds is 9. The fourth-order valence-electron chi connectivity index (χ4n) is 4.47. The van der Waals surface area contributed by atoms with Crippen molar-refractivity contribution in [2.75, 3.05) is 25.5 Å². The van der Waals surface area contributed by atoms with Gasteiger partial charge >= 0.3 is 0 Å². The zero-order chi connectivity index (χ0) is 25.5. The molecule has 1 saturated heterocycles. The maximum absolute atomic E-state index is 13.1. The molecule has 2 heterocycles. The van der Waals surface area contributed by atoms with E-state index >= 15 is 0 Å². The number of aliphatic hydroxyl groups excluding tert-OH is 1. The minimum absolute atomic E-state index is 0.173. The van der Waals surface area contributed by atoms with Crippen molar-refractivity contribution in [1.29, 1.82) is 0 Å². The van der Waals surface area contributed by atoms with Crippen LogP contribution in [0.15, 0.2) is 53.9 Å². The summed E-state index contributed by atoms with van der Waals surface area (Å²) in [6, 6.07) is 15.5.